The number of carbonyl (C=O) groups excluding carboxylic acids is 1. The van der Waals surface area contributed by atoms with Crippen molar-refractivity contribution in [1.82, 2.24) is 19.6 Å². The van der Waals surface area contributed by atoms with Crippen LogP contribution in [0.25, 0.3) is 0 Å². The molecule has 0 atom stereocenters. The molecule has 3 rings (SSSR count). The fourth-order valence-corrected chi connectivity index (χ4v) is 3.70. The molecule has 1 amide bonds. The molecule has 0 fully saturated rings. The zero-order chi connectivity index (χ0) is 21.2. The van der Waals surface area contributed by atoms with Crippen LogP contribution in [0.5, 0.6) is 5.75 Å². The Kier molecular flexibility index (Phi) is 7.58. The number of hydrogen-bond donors (Lipinski definition) is 2. The van der Waals surface area contributed by atoms with Gasteiger partial charge in [0.2, 0.25) is 10.0 Å². The Morgan fingerprint density at radius 2 is 1.83 bits per heavy atom. The number of hydrogen-bond acceptors (Lipinski definition) is 5. The van der Waals surface area contributed by atoms with Gasteiger partial charge in [-0.3, -0.25) is 4.79 Å². The minimum atomic E-state index is -3.63. The lowest BCUT2D eigenvalue weighted by Gasteiger charge is -2.10. The number of aromatic nitrogens is 2. The quantitative estimate of drug-likeness (QED) is 0.455. The van der Waals surface area contributed by atoms with Crippen molar-refractivity contribution in [3.8, 4) is 5.75 Å². The molecule has 0 aliphatic carbocycles. The van der Waals surface area contributed by atoms with Crippen LogP contribution in [0.3, 0.4) is 0 Å². The second kappa shape index (κ2) is 10.6. The van der Waals surface area contributed by atoms with Gasteiger partial charge in [0, 0.05) is 32.0 Å². The zero-order valence-corrected chi connectivity index (χ0v) is 17.2. The molecule has 2 aromatic carbocycles. The summed E-state index contributed by atoms with van der Waals surface area (Å²) in [6.45, 7) is 1.38. The maximum absolute atomic E-state index is 12.4. The van der Waals surface area contributed by atoms with Crippen LogP contribution in [0.1, 0.15) is 12.0 Å². The van der Waals surface area contributed by atoms with Gasteiger partial charge in [0.05, 0.1) is 11.2 Å². The molecule has 0 bridgehead atoms. The van der Waals surface area contributed by atoms with Gasteiger partial charge in [-0.05, 0) is 36.2 Å². The van der Waals surface area contributed by atoms with Crippen LogP contribution in [0, 0.1) is 0 Å². The minimum absolute atomic E-state index is 0.134. The summed E-state index contributed by atoms with van der Waals surface area (Å²) in [5, 5.41) is 2.78. The molecule has 2 N–H and O–H groups in total. The van der Waals surface area contributed by atoms with Gasteiger partial charge in [-0.15, -0.1) is 0 Å². The van der Waals surface area contributed by atoms with E-state index < -0.39 is 10.0 Å². The number of aryl methyl sites for hydroxylation is 1. The van der Waals surface area contributed by atoms with E-state index in [9.17, 15) is 13.2 Å². The van der Waals surface area contributed by atoms with E-state index in [0.717, 1.165) is 18.5 Å². The van der Waals surface area contributed by atoms with Crippen LogP contribution in [0.15, 0.2) is 78.2 Å². The Morgan fingerprint density at radius 3 is 2.53 bits per heavy atom. The van der Waals surface area contributed by atoms with Gasteiger partial charge in [-0.2, -0.15) is 0 Å². The molecule has 1 heterocycles. The normalized spacial score (nSPS) is 11.2. The molecule has 0 aliphatic rings. The number of amides is 1. The van der Waals surface area contributed by atoms with Crippen LogP contribution >= 0.6 is 0 Å². The van der Waals surface area contributed by atoms with Crippen molar-refractivity contribution >= 4 is 15.9 Å². The number of nitrogens with zero attached hydrogens (tertiary/aromatic N) is 2. The van der Waals surface area contributed by atoms with Crippen molar-refractivity contribution < 1.29 is 17.9 Å². The molecule has 9 heteroatoms. The van der Waals surface area contributed by atoms with Gasteiger partial charge in [0.25, 0.3) is 5.91 Å². The first-order chi connectivity index (χ1) is 14.5. The standard InChI is InChI=1S/C21H24N4O4S/c26-21(23-11-4-13-25-14-12-22-17-25)16-29-19-7-9-20(10-8-19)30(27,28)24-15-18-5-2-1-3-6-18/h1-3,5-10,12,14,17,24H,4,11,13,15-16H2,(H,23,26). The summed E-state index contributed by atoms with van der Waals surface area (Å²) in [4.78, 5) is 16.0. The molecular formula is C21H24N4O4S. The summed E-state index contributed by atoms with van der Waals surface area (Å²) in [6, 6.07) is 15.2. The monoisotopic (exact) mass is 428 g/mol. The largest absolute Gasteiger partial charge is 0.484 e. The molecule has 1 aromatic heterocycles. The van der Waals surface area contributed by atoms with Crippen molar-refractivity contribution in [2.24, 2.45) is 0 Å². The SMILES string of the molecule is O=C(COc1ccc(S(=O)(=O)NCc2ccccc2)cc1)NCCCn1ccnc1. The van der Waals surface area contributed by atoms with E-state index in [-0.39, 0.29) is 24.0 Å². The van der Waals surface area contributed by atoms with Crippen molar-refractivity contribution in [1.29, 1.82) is 0 Å². The lowest BCUT2D eigenvalue weighted by atomic mass is 10.2. The first kappa shape index (κ1) is 21.5. The third-order valence-electron chi connectivity index (χ3n) is 4.29. The summed E-state index contributed by atoms with van der Waals surface area (Å²) in [6.07, 6.45) is 6.09. The molecule has 0 saturated carbocycles. The summed E-state index contributed by atoms with van der Waals surface area (Å²) in [5.74, 6) is 0.187. The molecule has 158 valence electrons. The summed E-state index contributed by atoms with van der Waals surface area (Å²) in [7, 11) is -3.63. The molecular weight excluding hydrogens is 404 g/mol. The fraction of sp³-hybridized carbons (Fsp3) is 0.238. The van der Waals surface area contributed by atoms with E-state index in [1.165, 1.54) is 24.3 Å². The molecule has 0 spiro atoms. The average Bonchev–Trinajstić information content (AvgIpc) is 3.29. The van der Waals surface area contributed by atoms with E-state index in [1.54, 1.807) is 12.5 Å². The van der Waals surface area contributed by atoms with Gasteiger partial charge in [0.1, 0.15) is 5.75 Å². The maximum atomic E-state index is 12.4. The smallest absolute Gasteiger partial charge is 0.257 e. The van der Waals surface area contributed by atoms with Crippen LogP contribution in [-0.4, -0.2) is 37.0 Å². The number of benzene rings is 2. The summed E-state index contributed by atoms with van der Waals surface area (Å²) < 4.78 is 34.7. The Labute approximate surface area is 176 Å². The lowest BCUT2D eigenvalue weighted by molar-refractivity contribution is -0.123. The predicted molar refractivity (Wildman–Crippen MR) is 112 cm³/mol. The van der Waals surface area contributed by atoms with E-state index in [2.05, 4.69) is 15.0 Å². The fourth-order valence-electron chi connectivity index (χ4n) is 2.68. The van der Waals surface area contributed by atoms with Crippen molar-refractivity contribution in [3.05, 3.63) is 78.9 Å². The maximum Gasteiger partial charge on any atom is 0.257 e. The minimum Gasteiger partial charge on any atom is -0.484 e. The Morgan fingerprint density at radius 1 is 1.07 bits per heavy atom. The number of imidazole rings is 1. The van der Waals surface area contributed by atoms with E-state index >= 15 is 0 Å². The summed E-state index contributed by atoms with van der Waals surface area (Å²) >= 11 is 0. The average molecular weight is 429 g/mol. The van der Waals surface area contributed by atoms with Crippen LogP contribution < -0.4 is 14.8 Å². The predicted octanol–water partition coefficient (Wildman–Crippen LogP) is 1.95. The molecule has 0 radical (unpaired) electrons. The van der Waals surface area contributed by atoms with Gasteiger partial charge < -0.3 is 14.6 Å². The van der Waals surface area contributed by atoms with Crippen LogP contribution in [-0.2, 0) is 27.9 Å². The first-order valence-electron chi connectivity index (χ1n) is 9.52. The topological polar surface area (TPSA) is 102 Å². The van der Waals surface area contributed by atoms with Gasteiger partial charge in [-0.25, -0.2) is 18.1 Å². The Bertz CT molecular complexity index is 1020. The number of rotatable bonds is 11. The highest BCUT2D eigenvalue weighted by molar-refractivity contribution is 7.89. The van der Waals surface area contributed by atoms with Crippen LogP contribution in [0.2, 0.25) is 0 Å². The second-order valence-corrected chi connectivity index (χ2v) is 8.34. The number of sulfonamides is 1. The van der Waals surface area contributed by atoms with Crippen molar-refractivity contribution in [2.45, 2.75) is 24.4 Å². The van der Waals surface area contributed by atoms with Crippen molar-refractivity contribution in [3.63, 3.8) is 0 Å². The molecule has 0 saturated heterocycles. The highest BCUT2D eigenvalue weighted by atomic mass is 32.2. The second-order valence-electron chi connectivity index (χ2n) is 6.57. The molecule has 3 aromatic rings. The van der Waals surface area contributed by atoms with E-state index in [1.807, 2.05) is 41.1 Å². The Balaban J connectivity index is 1.40. The third-order valence-corrected chi connectivity index (χ3v) is 5.70. The highest BCUT2D eigenvalue weighted by Gasteiger charge is 2.14. The molecule has 8 nitrogen and oxygen atoms in total. The van der Waals surface area contributed by atoms with E-state index in [0.29, 0.717) is 12.3 Å². The molecule has 30 heavy (non-hydrogen) atoms. The first-order valence-corrected chi connectivity index (χ1v) is 11.0. The number of carbonyl (C=O) groups is 1. The van der Waals surface area contributed by atoms with Gasteiger partial charge in [0.15, 0.2) is 6.61 Å². The van der Waals surface area contributed by atoms with Gasteiger partial charge in [-0.1, -0.05) is 30.3 Å². The molecule has 0 unspecified atom stereocenters. The van der Waals surface area contributed by atoms with Crippen LogP contribution in [0.4, 0.5) is 0 Å². The number of ether oxygens (including phenoxy) is 1. The van der Waals surface area contributed by atoms with Crippen molar-refractivity contribution in [2.75, 3.05) is 13.2 Å². The van der Waals surface area contributed by atoms with E-state index in [4.69, 9.17) is 4.74 Å². The lowest BCUT2D eigenvalue weighted by Crippen LogP contribution is -2.30. The number of nitrogens with one attached hydrogen (secondary N) is 2. The van der Waals surface area contributed by atoms with Gasteiger partial charge >= 0.3 is 0 Å². The highest BCUT2D eigenvalue weighted by Crippen LogP contribution is 2.16. The Hall–Kier alpha value is -3.17. The third kappa shape index (κ3) is 6.71. The zero-order valence-electron chi connectivity index (χ0n) is 16.4. The molecule has 0 aliphatic heterocycles. The summed E-state index contributed by atoms with van der Waals surface area (Å²) in [5.41, 5.74) is 0.872.